The van der Waals surface area contributed by atoms with Gasteiger partial charge in [0.05, 0.1) is 0 Å². The van der Waals surface area contributed by atoms with E-state index in [1.165, 1.54) is 0 Å². The van der Waals surface area contributed by atoms with Crippen LogP contribution < -0.4 is 10.2 Å². The van der Waals surface area contributed by atoms with Crippen molar-refractivity contribution >= 4 is 17.3 Å². The van der Waals surface area contributed by atoms with Gasteiger partial charge in [-0.15, -0.1) is 0 Å². The second kappa shape index (κ2) is 5.78. The Labute approximate surface area is 120 Å². The van der Waals surface area contributed by atoms with Gasteiger partial charge in [-0.3, -0.25) is 4.79 Å². The van der Waals surface area contributed by atoms with Crippen molar-refractivity contribution in [1.82, 2.24) is 0 Å². The number of nitrogens with zero attached hydrogens (tertiary/aromatic N) is 1. The maximum Gasteiger partial charge on any atom is 0.258 e. The zero-order valence-corrected chi connectivity index (χ0v) is 12.4. The number of amides is 1. The van der Waals surface area contributed by atoms with Crippen LogP contribution in [0.25, 0.3) is 0 Å². The first-order chi connectivity index (χ1) is 9.54. The summed E-state index contributed by atoms with van der Waals surface area (Å²) in [7, 11) is 3.69. The minimum absolute atomic E-state index is 0.0134. The lowest BCUT2D eigenvalue weighted by Gasteiger charge is -2.20. The van der Waals surface area contributed by atoms with E-state index in [2.05, 4.69) is 5.32 Å². The Morgan fingerprint density at radius 2 is 1.75 bits per heavy atom. The van der Waals surface area contributed by atoms with Crippen LogP contribution in [0.3, 0.4) is 0 Å². The Morgan fingerprint density at radius 3 is 2.35 bits per heavy atom. The van der Waals surface area contributed by atoms with Crippen LogP contribution >= 0.6 is 0 Å². The van der Waals surface area contributed by atoms with Crippen molar-refractivity contribution in [2.75, 3.05) is 24.3 Å². The maximum atomic E-state index is 12.6. The minimum atomic E-state index is 0.0134. The van der Waals surface area contributed by atoms with E-state index in [1.54, 1.807) is 4.90 Å². The molecule has 0 spiro atoms. The molecule has 0 heterocycles. The third-order valence-corrected chi connectivity index (χ3v) is 3.53. The van der Waals surface area contributed by atoms with Crippen LogP contribution in [0.5, 0.6) is 0 Å². The molecule has 0 aromatic heterocycles. The highest BCUT2D eigenvalue weighted by Crippen LogP contribution is 2.22. The van der Waals surface area contributed by atoms with Gasteiger partial charge >= 0.3 is 0 Å². The molecule has 3 nitrogen and oxygen atoms in total. The highest BCUT2D eigenvalue weighted by atomic mass is 16.2. The van der Waals surface area contributed by atoms with E-state index in [9.17, 15) is 4.79 Å². The van der Waals surface area contributed by atoms with Crippen LogP contribution in [0.2, 0.25) is 0 Å². The Bertz CT molecular complexity index is 635. The van der Waals surface area contributed by atoms with Gasteiger partial charge in [0.15, 0.2) is 0 Å². The van der Waals surface area contributed by atoms with Crippen LogP contribution in [-0.4, -0.2) is 20.0 Å². The van der Waals surface area contributed by atoms with Gasteiger partial charge < -0.3 is 10.2 Å². The molecule has 2 aromatic rings. The van der Waals surface area contributed by atoms with Crippen LogP contribution in [0.4, 0.5) is 11.4 Å². The lowest BCUT2D eigenvalue weighted by Crippen LogP contribution is -2.27. The first-order valence-corrected chi connectivity index (χ1v) is 6.66. The molecule has 0 bridgehead atoms. The fourth-order valence-corrected chi connectivity index (χ4v) is 2.29. The van der Waals surface area contributed by atoms with Crippen LogP contribution in [-0.2, 0) is 0 Å². The Balaban J connectivity index is 2.34. The molecule has 0 aliphatic carbocycles. The topological polar surface area (TPSA) is 32.3 Å². The molecule has 0 atom stereocenters. The van der Waals surface area contributed by atoms with Gasteiger partial charge in [-0.2, -0.15) is 0 Å². The first-order valence-electron chi connectivity index (χ1n) is 6.66. The molecular formula is C17H20N2O. The molecule has 1 amide bonds. The highest BCUT2D eigenvalue weighted by molar-refractivity contribution is 6.07. The van der Waals surface area contributed by atoms with Crippen molar-refractivity contribution in [3.05, 3.63) is 59.2 Å². The maximum absolute atomic E-state index is 12.6. The normalized spacial score (nSPS) is 10.2. The molecule has 1 N–H and O–H groups in total. The van der Waals surface area contributed by atoms with Gasteiger partial charge in [0.1, 0.15) is 0 Å². The summed E-state index contributed by atoms with van der Waals surface area (Å²) in [5.41, 5.74) is 4.75. The van der Waals surface area contributed by atoms with E-state index >= 15 is 0 Å². The number of anilines is 2. The number of nitrogens with one attached hydrogen (secondary N) is 1. The second-order valence-electron chi connectivity index (χ2n) is 4.93. The Morgan fingerprint density at radius 1 is 1.05 bits per heavy atom. The summed E-state index contributed by atoms with van der Waals surface area (Å²) < 4.78 is 0. The number of benzene rings is 2. The summed E-state index contributed by atoms with van der Waals surface area (Å²) >= 11 is 0. The van der Waals surface area contributed by atoms with Crippen LogP contribution in [0, 0.1) is 13.8 Å². The van der Waals surface area contributed by atoms with Crippen molar-refractivity contribution in [3.8, 4) is 0 Å². The number of carbonyl (C=O) groups excluding carboxylic acids is 1. The summed E-state index contributed by atoms with van der Waals surface area (Å²) in [5, 5.41) is 3.08. The van der Waals surface area contributed by atoms with Gasteiger partial charge in [-0.1, -0.05) is 18.2 Å². The van der Waals surface area contributed by atoms with E-state index in [1.807, 2.05) is 70.4 Å². The monoisotopic (exact) mass is 268 g/mol. The zero-order valence-electron chi connectivity index (χ0n) is 12.4. The largest absolute Gasteiger partial charge is 0.388 e. The standard InChI is InChI=1S/C17H20N2O/c1-12-7-5-6-8-16(12)19(4)17(20)15-10-9-14(18-3)11-13(15)2/h5-11,18H,1-4H3. The first kappa shape index (κ1) is 14.1. The summed E-state index contributed by atoms with van der Waals surface area (Å²) in [6.07, 6.45) is 0. The van der Waals surface area contributed by atoms with Gasteiger partial charge in [-0.05, 0) is 49.2 Å². The molecule has 0 aliphatic rings. The lowest BCUT2D eigenvalue weighted by molar-refractivity contribution is 0.0992. The van der Waals surface area contributed by atoms with Gasteiger partial charge in [0.2, 0.25) is 0 Å². The van der Waals surface area contributed by atoms with E-state index in [0.717, 1.165) is 28.1 Å². The molecule has 0 saturated carbocycles. The molecule has 0 fully saturated rings. The van der Waals surface area contributed by atoms with Gasteiger partial charge in [0, 0.05) is 31.0 Å². The molecule has 104 valence electrons. The number of hydrogen-bond acceptors (Lipinski definition) is 2. The van der Waals surface area contributed by atoms with Gasteiger partial charge in [-0.25, -0.2) is 0 Å². The molecule has 0 radical (unpaired) electrons. The zero-order chi connectivity index (χ0) is 14.7. The molecule has 0 unspecified atom stereocenters. The molecule has 3 heteroatoms. The van der Waals surface area contributed by atoms with Crippen molar-refractivity contribution in [2.45, 2.75) is 13.8 Å². The second-order valence-corrected chi connectivity index (χ2v) is 4.93. The van der Waals surface area contributed by atoms with E-state index in [-0.39, 0.29) is 5.91 Å². The smallest absolute Gasteiger partial charge is 0.258 e. The highest BCUT2D eigenvalue weighted by Gasteiger charge is 2.16. The summed E-state index contributed by atoms with van der Waals surface area (Å²) in [6.45, 7) is 3.97. The predicted octanol–water partition coefficient (Wildman–Crippen LogP) is 3.62. The van der Waals surface area contributed by atoms with E-state index in [0.29, 0.717) is 0 Å². The minimum Gasteiger partial charge on any atom is -0.388 e. The number of para-hydroxylation sites is 1. The quantitative estimate of drug-likeness (QED) is 0.922. The third kappa shape index (κ3) is 2.67. The number of rotatable bonds is 3. The Kier molecular flexibility index (Phi) is 4.08. The Hall–Kier alpha value is -2.29. The van der Waals surface area contributed by atoms with Crippen molar-refractivity contribution in [3.63, 3.8) is 0 Å². The summed E-state index contributed by atoms with van der Waals surface area (Å²) in [6, 6.07) is 13.7. The van der Waals surface area contributed by atoms with Gasteiger partial charge in [0.25, 0.3) is 5.91 Å². The fourth-order valence-electron chi connectivity index (χ4n) is 2.29. The fraction of sp³-hybridized carbons (Fsp3) is 0.235. The van der Waals surface area contributed by atoms with Crippen LogP contribution in [0.1, 0.15) is 21.5 Å². The van der Waals surface area contributed by atoms with Crippen molar-refractivity contribution < 1.29 is 4.79 Å². The van der Waals surface area contributed by atoms with Crippen molar-refractivity contribution in [2.24, 2.45) is 0 Å². The predicted molar refractivity (Wildman–Crippen MR) is 84.6 cm³/mol. The molecule has 20 heavy (non-hydrogen) atoms. The van der Waals surface area contributed by atoms with Crippen molar-refractivity contribution in [1.29, 1.82) is 0 Å². The van der Waals surface area contributed by atoms with Crippen LogP contribution in [0.15, 0.2) is 42.5 Å². The molecule has 0 aliphatic heterocycles. The number of carbonyl (C=O) groups is 1. The molecular weight excluding hydrogens is 248 g/mol. The number of hydrogen-bond donors (Lipinski definition) is 1. The van der Waals surface area contributed by atoms with E-state index < -0.39 is 0 Å². The SMILES string of the molecule is CNc1ccc(C(=O)N(C)c2ccccc2C)c(C)c1. The summed E-state index contributed by atoms with van der Waals surface area (Å²) in [5.74, 6) is 0.0134. The average Bonchev–Trinajstić information content (AvgIpc) is 2.46. The molecule has 2 aromatic carbocycles. The van der Waals surface area contributed by atoms with E-state index in [4.69, 9.17) is 0 Å². The molecule has 0 saturated heterocycles. The molecule has 2 rings (SSSR count). The summed E-state index contributed by atoms with van der Waals surface area (Å²) in [4.78, 5) is 14.3. The lowest BCUT2D eigenvalue weighted by atomic mass is 10.1. The third-order valence-electron chi connectivity index (χ3n) is 3.53. The average molecular weight is 268 g/mol. The number of aryl methyl sites for hydroxylation is 2.